The van der Waals surface area contributed by atoms with E-state index in [1.807, 2.05) is 0 Å². The number of sulfonamides is 1. The highest BCUT2D eigenvalue weighted by atomic mass is 32.2. The van der Waals surface area contributed by atoms with E-state index >= 15 is 0 Å². The molecule has 0 aromatic heterocycles. The van der Waals surface area contributed by atoms with Crippen molar-refractivity contribution in [2.45, 2.75) is 39.0 Å². The Bertz CT molecular complexity index is 353. The average Bonchev–Trinajstić information content (AvgIpc) is 2.19. The van der Waals surface area contributed by atoms with Crippen LogP contribution in [-0.4, -0.2) is 52.0 Å². The standard InChI is InChI=1S/C10H22N2O5S/c1-7(2)17-9(5-12-18(4,14)15)6-16-10(13)8(3)11/h7-9,12H,5-6,11H2,1-4H3/t8-,9+/m1/s1. The van der Waals surface area contributed by atoms with Crippen molar-refractivity contribution in [3.63, 3.8) is 0 Å². The van der Waals surface area contributed by atoms with E-state index in [1.54, 1.807) is 13.8 Å². The molecule has 0 rings (SSSR count). The predicted molar refractivity (Wildman–Crippen MR) is 67.5 cm³/mol. The molecule has 0 heterocycles. The number of hydrogen-bond donors (Lipinski definition) is 2. The average molecular weight is 282 g/mol. The number of esters is 1. The zero-order valence-corrected chi connectivity index (χ0v) is 12.0. The van der Waals surface area contributed by atoms with Crippen LogP contribution < -0.4 is 10.5 Å². The summed E-state index contributed by atoms with van der Waals surface area (Å²) < 4.78 is 34.6. The van der Waals surface area contributed by atoms with E-state index in [1.165, 1.54) is 6.92 Å². The third kappa shape index (κ3) is 9.34. The molecule has 0 saturated carbocycles. The number of carbonyl (C=O) groups is 1. The van der Waals surface area contributed by atoms with Gasteiger partial charge in [-0.15, -0.1) is 0 Å². The molecule has 0 spiro atoms. The minimum Gasteiger partial charge on any atom is -0.462 e. The lowest BCUT2D eigenvalue weighted by Crippen LogP contribution is -2.39. The molecule has 0 bridgehead atoms. The van der Waals surface area contributed by atoms with Gasteiger partial charge < -0.3 is 15.2 Å². The first-order valence-electron chi connectivity index (χ1n) is 5.64. The van der Waals surface area contributed by atoms with E-state index in [9.17, 15) is 13.2 Å². The van der Waals surface area contributed by atoms with Crippen molar-refractivity contribution < 1.29 is 22.7 Å². The summed E-state index contributed by atoms with van der Waals surface area (Å²) in [5.74, 6) is -0.549. The maximum Gasteiger partial charge on any atom is 0.322 e. The Morgan fingerprint density at radius 1 is 1.33 bits per heavy atom. The molecule has 0 unspecified atom stereocenters. The lowest BCUT2D eigenvalue weighted by atomic mass is 10.3. The van der Waals surface area contributed by atoms with Gasteiger partial charge in [-0.05, 0) is 20.8 Å². The van der Waals surface area contributed by atoms with Gasteiger partial charge in [-0.2, -0.15) is 0 Å². The normalized spacial score (nSPS) is 15.4. The fraction of sp³-hybridized carbons (Fsp3) is 0.900. The summed E-state index contributed by atoms with van der Waals surface area (Å²) >= 11 is 0. The van der Waals surface area contributed by atoms with E-state index in [0.717, 1.165) is 6.26 Å². The van der Waals surface area contributed by atoms with Gasteiger partial charge in [-0.3, -0.25) is 4.79 Å². The Morgan fingerprint density at radius 3 is 2.28 bits per heavy atom. The van der Waals surface area contributed by atoms with Crippen molar-refractivity contribution in [2.75, 3.05) is 19.4 Å². The van der Waals surface area contributed by atoms with Crippen molar-refractivity contribution in [3.05, 3.63) is 0 Å². The highest BCUT2D eigenvalue weighted by Crippen LogP contribution is 2.00. The van der Waals surface area contributed by atoms with Crippen molar-refractivity contribution >= 4 is 16.0 Å². The summed E-state index contributed by atoms with van der Waals surface area (Å²) in [6, 6.07) is -0.715. The quantitative estimate of drug-likeness (QED) is 0.565. The number of hydrogen-bond acceptors (Lipinski definition) is 6. The van der Waals surface area contributed by atoms with Crippen LogP contribution in [0.2, 0.25) is 0 Å². The summed E-state index contributed by atoms with van der Waals surface area (Å²) in [4.78, 5) is 11.2. The maximum atomic E-state index is 11.2. The zero-order chi connectivity index (χ0) is 14.3. The second-order valence-corrected chi connectivity index (χ2v) is 6.18. The molecule has 0 fully saturated rings. The number of ether oxygens (including phenoxy) is 2. The summed E-state index contributed by atoms with van der Waals surface area (Å²) in [5.41, 5.74) is 5.34. The van der Waals surface area contributed by atoms with Crippen LogP contribution >= 0.6 is 0 Å². The van der Waals surface area contributed by atoms with Gasteiger partial charge in [-0.1, -0.05) is 0 Å². The highest BCUT2D eigenvalue weighted by molar-refractivity contribution is 7.88. The third-order valence-electron chi connectivity index (χ3n) is 1.82. The number of nitrogens with two attached hydrogens (primary N) is 1. The largest absolute Gasteiger partial charge is 0.462 e. The molecule has 18 heavy (non-hydrogen) atoms. The van der Waals surface area contributed by atoms with E-state index in [0.29, 0.717) is 0 Å². The molecular formula is C10H22N2O5S. The molecule has 3 N–H and O–H groups in total. The molecule has 0 saturated heterocycles. The zero-order valence-electron chi connectivity index (χ0n) is 11.2. The van der Waals surface area contributed by atoms with Crippen LogP contribution in [-0.2, 0) is 24.3 Å². The van der Waals surface area contributed by atoms with Crippen LogP contribution in [0.25, 0.3) is 0 Å². The van der Waals surface area contributed by atoms with Gasteiger partial charge in [0.2, 0.25) is 10.0 Å². The van der Waals surface area contributed by atoms with E-state index in [2.05, 4.69) is 4.72 Å². The molecule has 0 aromatic carbocycles. The molecule has 0 aliphatic carbocycles. The topological polar surface area (TPSA) is 108 Å². The molecule has 0 aliphatic heterocycles. The number of carbonyl (C=O) groups excluding carboxylic acids is 1. The van der Waals surface area contributed by atoms with Crippen LogP contribution in [0.15, 0.2) is 0 Å². The Hall–Kier alpha value is -0.700. The summed E-state index contributed by atoms with van der Waals surface area (Å²) in [6.45, 7) is 5.13. The Morgan fingerprint density at radius 2 is 1.89 bits per heavy atom. The minimum absolute atomic E-state index is 0.0406. The maximum absolute atomic E-state index is 11.2. The molecule has 0 amide bonds. The second kappa shape index (κ2) is 7.67. The van der Waals surface area contributed by atoms with Crippen molar-refractivity contribution in [2.24, 2.45) is 5.73 Å². The van der Waals surface area contributed by atoms with Gasteiger partial charge in [0.1, 0.15) is 18.8 Å². The van der Waals surface area contributed by atoms with Crippen LogP contribution in [0, 0.1) is 0 Å². The fourth-order valence-electron chi connectivity index (χ4n) is 1.08. The monoisotopic (exact) mass is 282 g/mol. The van der Waals surface area contributed by atoms with Crippen LogP contribution in [0.1, 0.15) is 20.8 Å². The smallest absolute Gasteiger partial charge is 0.322 e. The molecule has 8 heteroatoms. The Labute approximate surface area is 108 Å². The molecule has 2 atom stereocenters. The van der Waals surface area contributed by atoms with Gasteiger partial charge in [-0.25, -0.2) is 13.1 Å². The van der Waals surface area contributed by atoms with Crippen LogP contribution in [0.4, 0.5) is 0 Å². The summed E-state index contributed by atoms with van der Waals surface area (Å²) in [6.07, 6.45) is 0.403. The highest BCUT2D eigenvalue weighted by Gasteiger charge is 2.17. The van der Waals surface area contributed by atoms with E-state index in [-0.39, 0.29) is 19.3 Å². The van der Waals surface area contributed by atoms with Crippen molar-refractivity contribution in [3.8, 4) is 0 Å². The second-order valence-electron chi connectivity index (χ2n) is 4.35. The first-order valence-corrected chi connectivity index (χ1v) is 7.53. The molecule has 0 aliphatic rings. The SMILES string of the molecule is CC(C)O[C@@H](CNS(C)(=O)=O)COC(=O)[C@@H](C)N. The predicted octanol–water partition coefficient (Wildman–Crippen LogP) is -0.780. The first-order chi connectivity index (χ1) is 8.11. The van der Waals surface area contributed by atoms with Gasteiger partial charge in [0, 0.05) is 6.54 Å². The molecule has 0 aromatic rings. The van der Waals surface area contributed by atoms with Crippen LogP contribution in [0.3, 0.4) is 0 Å². The van der Waals surface area contributed by atoms with Gasteiger partial charge in [0.15, 0.2) is 0 Å². The van der Waals surface area contributed by atoms with Gasteiger partial charge in [0.25, 0.3) is 0 Å². The lowest BCUT2D eigenvalue weighted by molar-refractivity contribution is -0.150. The van der Waals surface area contributed by atoms with Crippen LogP contribution in [0.5, 0.6) is 0 Å². The first kappa shape index (κ1) is 17.3. The van der Waals surface area contributed by atoms with E-state index in [4.69, 9.17) is 15.2 Å². The lowest BCUT2D eigenvalue weighted by Gasteiger charge is -2.20. The summed E-state index contributed by atoms with van der Waals surface area (Å²) in [5, 5.41) is 0. The Kier molecular flexibility index (Phi) is 7.37. The van der Waals surface area contributed by atoms with Crippen molar-refractivity contribution in [1.29, 1.82) is 0 Å². The molecular weight excluding hydrogens is 260 g/mol. The number of rotatable bonds is 8. The third-order valence-corrected chi connectivity index (χ3v) is 2.51. The van der Waals surface area contributed by atoms with Gasteiger partial charge in [0.05, 0.1) is 12.4 Å². The number of nitrogens with one attached hydrogen (secondary N) is 1. The molecule has 108 valence electrons. The minimum atomic E-state index is -3.31. The molecule has 0 radical (unpaired) electrons. The Balaban J connectivity index is 4.27. The molecule has 7 nitrogen and oxygen atoms in total. The van der Waals surface area contributed by atoms with Crippen molar-refractivity contribution in [1.82, 2.24) is 4.72 Å². The van der Waals surface area contributed by atoms with E-state index < -0.39 is 28.1 Å². The fourth-order valence-corrected chi connectivity index (χ4v) is 1.57. The summed E-state index contributed by atoms with van der Waals surface area (Å²) in [7, 11) is -3.31. The van der Waals surface area contributed by atoms with Gasteiger partial charge >= 0.3 is 5.97 Å².